The first-order chi connectivity index (χ1) is 12.6. The van der Waals surface area contributed by atoms with Crippen molar-refractivity contribution >= 4 is 33.7 Å². The van der Waals surface area contributed by atoms with E-state index in [4.69, 9.17) is 0 Å². The highest BCUT2D eigenvalue weighted by atomic mass is 32.2. The molecule has 10 heteroatoms. The fourth-order valence-electron chi connectivity index (χ4n) is 2.51. The van der Waals surface area contributed by atoms with E-state index < -0.39 is 11.0 Å². The normalized spacial score (nSPS) is 12.4. The fourth-order valence-corrected chi connectivity index (χ4v) is 3.13. The molecule has 3 aromatic heterocycles. The van der Waals surface area contributed by atoms with Gasteiger partial charge in [0.15, 0.2) is 5.65 Å². The predicted octanol–water partition coefficient (Wildman–Crippen LogP) is 1.53. The molecule has 3 heterocycles. The van der Waals surface area contributed by atoms with Gasteiger partial charge in [0.1, 0.15) is 11.0 Å². The molecule has 1 aromatic carbocycles. The summed E-state index contributed by atoms with van der Waals surface area (Å²) in [6.07, 6.45) is 6.97. The molecule has 1 unspecified atom stereocenters. The number of nitrogens with zero attached hydrogens (tertiary/aromatic N) is 6. The fraction of sp³-hybridized carbons (Fsp3) is 0.125. The van der Waals surface area contributed by atoms with Gasteiger partial charge in [-0.15, -0.1) is 0 Å². The van der Waals surface area contributed by atoms with Gasteiger partial charge in [-0.3, -0.25) is 4.68 Å². The number of fused-ring (bicyclic) bond motifs is 1. The third kappa shape index (κ3) is 3.07. The number of hydrogen-bond donors (Lipinski definition) is 2. The number of nitrogens with one attached hydrogen (secondary N) is 2. The first-order valence-electron chi connectivity index (χ1n) is 7.80. The molecule has 132 valence electrons. The highest BCUT2D eigenvalue weighted by Gasteiger charge is 2.10. The van der Waals surface area contributed by atoms with Crippen molar-refractivity contribution in [3.05, 3.63) is 49.1 Å². The summed E-state index contributed by atoms with van der Waals surface area (Å²) in [4.78, 5) is 9.56. The van der Waals surface area contributed by atoms with E-state index in [1.165, 1.54) is 0 Å². The van der Waals surface area contributed by atoms with Gasteiger partial charge >= 0.3 is 0 Å². The van der Waals surface area contributed by atoms with Crippen molar-refractivity contribution in [3.8, 4) is 5.69 Å². The van der Waals surface area contributed by atoms with E-state index in [9.17, 15) is 4.21 Å². The van der Waals surface area contributed by atoms with Crippen LogP contribution in [0, 0.1) is 0 Å². The van der Waals surface area contributed by atoms with Gasteiger partial charge in [-0.1, -0.05) is 0 Å². The van der Waals surface area contributed by atoms with Gasteiger partial charge in [0.2, 0.25) is 5.95 Å². The maximum Gasteiger partial charge on any atom is 0.229 e. The van der Waals surface area contributed by atoms with Crippen LogP contribution in [0.5, 0.6) is 0 Å². The summed E-state index contributed by atoms with van der Waals surface area (Å²) in [5.74, 6) is 0.458. The molecule has 0 spiro atoms. The molecular formula is C16H16N8OS. The van der Waals surface area contributed by atoms with Gasteiger partial charge in [0.05, 0.1) is 34.1 Å². The monoisotopic (exact) mass is 368 g/mol. The Morgan fingerprint density at radius 3 is 2.58 bits per heavy atom. The Kier molecular flexibility index (Phi) is 4.19. The second-order valence-electron chi connectivity index (χ2n) is 5.52. The number of hydrogen-bond acceptors (Lipinski definition) is 6. The largest absolute Gasteiger partial charge is 0.321 e. The highest BCUT2D eigenvalue weighted by molar-refractivity contribution is 7.83. The highest BCUT2D eigenvalue weighted by Crippen LogP contribution is 2.19. The molecule has 2 N–H and O–H groups in total. The number of benzene rings is 1. The second kappa shape index (κ2) is 6.65. The van der Waals surface area contributed by atoms with Gasteiger partial charge < -0.3 is 5.32 Å². The molecule has 0 aliphatic rings. The maximum atomic E-state index is 11.8. The van der Waals surface area contributed by atoms with E-state index >= 15 is 0 Å². The van der Waals surface area contributed by atoms with Crippen molar-refractivity contribution in [2.75, 3.05) is 12.4 Å². The Morgan fingerprint density at radius 1 is 1.08 bits per heavy atom. The van der Waals surface area contributed by atoms with Crippen molar-refractivity contribution in [3.63, 3.8) is 0 Å². The average molecular weight is 368 g/mol. The van der Waals surface area contributed by atoms with Crippen LogP contribution in [-0.4, -0.2) is 40.8 Å². The van der Waals surface area contributed by atoms with Gasteiger partial charge in [0, 0.05) is 19.4 Å². The van der Waals surface area contributed by atoms with Crippen molar-refractivity contribution in [2.24, 2.45) is 7.05 Å². The minimum atomic E-state index is -1.22. The molecular weight excluding hydrogens is 352 g/mol. The van der Waals surface area contributed by atoms with Crippen LogP contribution < -0.4 is 10.0 Å². The lowest BCUT2D eigenvalue weighted by Crippen LogP contribution is -2.10. The van der Waals surface area contributed by atoms with E-state index in [2.05, 4.69) is 30.2 Å². The summed E-state index contributed by atoms with van der Waals surface area (Å²) in [5, 5.41) is 12.4. The van der Waals surface area contributed by atoms with Crippen molar-refractivity contribution in [1.82, 2.24) is 34.3 Å². The lowest BCUT2D eigenvalue weighted by Gasteiger charge is -2.06. The molecule has 26 heavy (non-hydrogen) atoms. The van der Waals surface area contributed by atoms with E-state index in [1.54, 1.807) is 47.1 Å². The summed E-state index contributed by atoms with van der Waals surface area (Å²) in [6.45, 7) is 0. The molecule has 0 aliphatic carbocycles. The number of rotatable bonds is 5. The standard InChI is InChI=1S/C16H16N8OS/c1-17-26(25)14-5-3-13(4-6-14)24-15-11(8-20-24)7-18-16(22-15)21-12-9-19-23(2)10-12/h3-10,17H,1-2H3,(H,18,21,22). The molecule has 0 amide bonds. The van der Waals surface area contributed by atoms with E-state index in [0.29, 0.717) is 16.5 Å². The molecule has 4 rings (SSSR count). The second-order valence-corrected chi connectivity index (χ2v) is 6.94. The van der Waals surface area contributed by atoms with Gasteiger partial charge in [-0.05, 0) is 31.3 Å². The predicted molar refractivity (Wildman–Crippen MR) is 98.6 cm³/mol. The lowest BCUT2D eigenvalue weighted by atomic mass is 10.3. The van der Waals surface area contributed by atoms with Crippen LogP contribution in [-0.2, 0) is 18.0 Å². The molecule has 9 nitrogen and oxygen atoms in total. The Balaban J connectivity index is 1.69. The van der Waals surface area contributed by atoms with Crippen LogP contribution in [0.25, 0.3) is 16.7 Å². The molecule has 0 saturated heterocycles. The average Bonchev–Trinajstić information content (AvgIpc) is 3.27. The third-order valence-electron chi connectivity index (χ3n) is 3.75. The molecule has 0 radical (unpaired) electrons. The number of aryl methyl sites for hydroxylation is 1. The summed E-state index contributed by atoms with van der Waals surface area (Å²) in [5.41, 5.74) is 2.30. The van der Waals surface area contributed by atoms with E-state index in [-0.39, 0.29) is 0 Å². The third-order valence-corrected chi connectivity index (χ3v) is 4.82. The summed E-state index contributed by atoms with van der Waals surface area (Å²) in [6, 6.07) is 7.30. The van der Waals surface area contributed by atoms with Crippen LogP contribution in [0.3, 0.4) is 0 Å². The number of anilines is 2. The zero-order chi connectivity index (χ0) is 18.1. The van der Waals surface area contributed by atoms with E-state index in [1.807, 2.05) is 25.4 Å². The minimum Gasteiger partial charge on any atom is -0.321 e. The Labute approximate surface area is 151 Å². The van der Waals surface area contributed by atoms with Gasteiger partial charge in [0.25, 0.3) is 0 Å². The van der Waals surface area contributed by atoms with Crippen LogP contribution >= 0.6 is 0 Å². The quantitative estimate of drug-likeness (QED) is 0.554. The van der Waals surface area contributed by atoms with Crippen LogP contribution in [0.15, 0.2) is 53.9 Å². The Morgan fingerprint density at radius 2 is 1.88 bits per heavy atom. The zero-order valence-corrected chi connectivity index (χ0v) is 14.9. The number of aromatic nitrogens is 6. The van der Waals surface area contributed by atoms with Crippen LogP contribution in [0.2, 0.25) is 0 Å². The Bertz CT molecular complexity index is 1090. The molecule has 0 aliphatic heterocycles. The van der Waals surface area contributed by atoms with Crippen LogP contribution in [0.4, 0.5) is 11.6 Å². The van der Waals surface area contributed by atoms with Crippen LogP contribution in [0.1, 0.15) is 0 Å². The molecule has 4 aromatic rings. The Hall–Kier alpha value is -3.11. The smallest absolute Gasteiger partial charge is 0.229 e. The molecule has 0 saturated carbocycles. The lowest BCUT2D eigenvalue weighted by molar-refractivity contribution is 0.678. The maximum absolute atomic E-state index is 11.8. The topological polar surface area (TPSA) is 103 Å². The molecule has 0 fully saturated rings. The van der Waals surface area contributed by atoms with Crippen molar-refractivity contribution in [1.29, 1.82) is 0 Å². The van der Waals surface area contributed by atoms with Gasteiger partial charge in [-0.2, -0.15) is 15.2 Å². The van der Waals surface area contributed by atoms with Gasteiger partial charge in [-0.25, -0.2) is 18.6 Å². The summed E-state index contributed by atoms with van der Waals surface area (Å²) >= 11 is 0. The zero-order valence-electron chi connectivity index (χ0n) is 14.1. The van der Waals surface area contributed by atoms with Crippen molar-refractivity contribution in [2.45, 2.75) is 4.90 Å². The minimum absolute atomic E-state index is 0.458. The van der Waals surface area contributed by atoms with E-state index in [0.717, 1.165) is 16.8 Å². The molecule has 1 atom stereocenters. The van der Waals surface area contributed by atoms with Crippen molar-refractivity contribution < 1.29 is 4.21 Å². The first-order valence-corrected chi connectivity index (χ1v) is 8.95. The SMILES string of the molecule is CNS(=O)c1ccc(-n2ncc3cnc(Nc4cnn(C)c4)nc32)cc1. The summed E-state index contributed by atoms with van der Waals surface area (Å²) in [7, 11) is 2.27. The summed E-state index contributed by atoms with van der Waals surface area (Å²) < 4.78 is 17.9. The molecule has 0 bridgehead atoms. The first kappa shape index (κ1) is 16.4.